The van der Waals surface area contributed by atoms with Crippen molar-refractivity contribution in [2.45, 2.75) is 54.3 Å². The number of rotatable bonds is 16. The first-order valence-corrected chi connectivity index (χ1v) is 15.0. The molecule has 2 atom stereocenters. The van der Waals surface area contributed by atoms with Crippen molar-refractivity contribution in [3.63, 3.8) is 0 Å². The van der Waals surface area contributed by atoms with Crippen LogP contribution in [-0.2, 0) is 33.3 Å². The number of anilines is 1. The SMILES string of the molecule is CCOCOCC(=O)CC(C)C(=O)OC(C)OC(=O)N(CC)CCNC(=O)c1c(C)[nH]c(/C=C2\C(=O)Nc3ccc(F)cc32)c1C. The molecular weight excluding hydrogens is 603 g/mol. The Bertz CT molecular complexity index is 1490. The minimum atomic E-state index is -1.21. The van der Waals surface area contributed by atoms with Crippen molar-refractivity contribution in [1.29, 1.82) is 0 Å². The Morgan fingerprint density at radius 1 is 1.09 bits per heavy atom. The number of amides is 3. The summed E-state index contributed by atoms with van der Waals surface area (Å²) in [5.41, 5.74) is 3.28. The number of aromatic nitrogens is 1. The highest BCUT2D eigenvalue weighted by Gasteiger charge is 2.27. The van der Waals surface area contributed by atoms with Crippen LogP contribution in [0.2, 0.25) is 0 Å². The third-order valence-electron chi connectivity index (χ3n) is 7.18. The van der Waals surface area contributed by atoms with E-state index in [-0.39, 0.29) is 56.7 Å². The van der Waals surface area contributed by atoms with Crippen molar-refractivity contribution >= 4 is 47.0 Å². The maximum atomic E-state index is 13.8. The van der Waals surface area contributed by atoms with Crippen molar-refractivity contribution in [3.8, 4) is 0 Å². The number of halogens is 1. The molecule has 3 N–H and O–H groups in total. The molecule has 2 aromatic rings. The molecule has 0 saturated carbocycles. The molecular formula is C32H41FN4O9. The highest BCUT2D eigenvalue weighted by atomic mass is 19.1. The minimum absolute atomic E-state index is 0.0163. The first kappa shape index (κ1) is 35.9. The number of esters is 1. The number of hydrogen-bond acceptors (Lipinski definition) is 9. The lowest BCUT2D eigenvalue weighted by atomic mass is 10.0. The quantitative estimate of drug-likeness (QED) is 0.106. The monoisotopic (exact) mass is 644 g/mol. The van der Waals surface area contributed by atoms with E-state index in [4.69, 9.17) is 18.9 Å². The number of ether oxygens (including phenoxy) is 4. The van der Waals surface area contributed by atoms with E-state index in [0.717, 1.165) is 0 Å². The minimum Gasteiger partial charge on any atom is -0.425 e. The molecule has 0 radical (unpaired) electrons. The zero-order valence-corrected chi connectivity index (χ0v) is 26.9. The van der Waals surface area contributed by atoms with Crippen molar-refractivity contribution in [1.82, 2.24) is 15.2 Å². The van der Waals surface area contributed by atoms with Crippen LogP contribution in [-0.4, -0.2) is 85.5 Å². The molecule has 2 unspecified atom stereocenters. The number of fused-ring (bicyclic) bond motifs is 1. The van der Waals surface area contributed by atoms with E-state index in [0.29, 0.717) is 40.4 Å². The third-order valence-corrected chi connectivity index (χ3v) is 7.18. The largest absolute Gasteiger partial charge is 0.425 e. The van der Waals surface area contributed by atoms with Gasteiger partial charge in [-0.2, -0.15) is 0 Å². The van der Waals surface area contributed by atoms with Gasteiger partial charge in [0.15, 0.2) is 5.78 Å². The number of carbonyl (C=O) groups excluding carboxylic acids is 5. The Morgan fingerprint density at radius 2 is 1.83 bits per heavy atom. The maximum absolute atomic E-state index is 13.8. The van der Waals surface area contributed by atoms with Gasteiger partial charge in [0.2, 0.25) is 6.29 Å². The molecule has 0 spiro atoms. The summed E-state index contributed by atoms with van der Waals surface area (Å²) in [6.45, 7) is 10.6. The van der Waals surface area contributed by atoms with Gasteiger partial charge in [0.1, 0.15) is 19.2 Å². The van der Waals surface area contributed by atoms with Crippen LogP contribution >= 0.6 is 0 Å². The van der Waals surface area contributed by atoms with Gasteiger partial charge in [0.25, 0.3) is 11.8 Å². The molecule has 14 heteroatoms. The molecule has 1 aliphatic heterocycles. The molecule has 3 amide bonds. The maximum Gasteiger partial charge on any atom is 0.412 e. The molecule has 13 nitrogen and oxygen atoms in total. The van der Waals surface area contributed by atoms with Crippen LogP contribution in [0.25, 0.3) is 11.6 Å². The number of nitrogens with one attached hydrogen (secondary N) is 3. The number of benzene rings is 1. The smallest absolute Gasteiger partial charge is 0.412 e. The topological polar surface area (TPSA) is 165 Å². The first-order chi connectivity index (χ1) is 21.9. The lowest BCUT2D eigenvalue weighted by Crippen LogP contribution is -2.40. The molecule has 3 rings (SSSR count). The molecule has 0 saturated heterocycles. The Kier molecular flexibility index (Phi) is 13.0. The number of hydrogen-bond donors (Lipinski definition) is 3. The van der Waals surface area contributed by atoms with Crippen molar-refractivity contribution in [2.24, 2.45) is 5.92 Å². The van der Waals surface area contributed by atoms with E-state index >= 15 is 0 Å². The second kappa shape index (κ2) is 16.7. The van der Waals surface area contributed by atoms with Crippen molar-refractivity contribution < 1.29 is 47.3 Å². The average Bonchev–Trinajstić information content (AvgIpc) is 3.46. The summed E-state index contributed by atoms with van der Waals surface area (Å²) < 4.78 is 34.3. The van der Waals surface area contributed by atoms with Crippen LogP contribution in [0.3, 0.4) is 0 Å². The highest BCUT2D eigenvalue weighted by molar-refractivity contribution is 6.34. The third kappa shape index (κ3) is 9.47. The number of Topliss-reactive ketones (excluding diaryl/α,β-unsaturated/α-hetero) is 1. The van der Waals surface area contributed by atoms with E-state index in [2.05, 4.69) is 15.6 Å². The van der Waals surface area contributed by atoms with Crippen LogP contribution in [0.4, 0.5) is 14.9 Å². The van der Waals surface area contributed by atoms with Crippen molar-refractivity contribution in [3.05, 3.63) is 52.1 Å². The summed E-state index contributed by atoms with van der Waals surface area (Å²) in [6, 6.07) is 4.03. The summed E-state index contributed by atoms with van der Waals surface area (Å²) in [4.78, 5) is 67.1. The van der Waals surface area contributed by atoms with Crippen LogP contribution in [0.5, 0.6) is 0 Å². The van der Waals surface area contributed by atoms with Gasteiger partial charge >= 0.3 is 12.1 Å². The number of nitrogens with zero attached hydrogens (tertiary/aromatic N) is 1. The molecule has 1 aliphatic rings. The Balaban J connectivity index is 1.51. The van der Waals surface area contributed by atoms with Gasteiger partial charge in [-0.3, -0.25) is 19.2 Å². The zero-order valence-electron chi connectivity index (χ0n) is 26.9. The Labute approximate surface area is 266 Å². The van der Waals surface area contributed by atoms with E-state index in [9.17, 15) is 28.4 Å². The molecule has 0 bridgehead atoms. The Morgan fingerprint density at radius 3 is 2.52 bits per heavy atom. The van der Waals surface area contributed by atoms with E-state index < -0.39 is 36.0 Å². The fraction of sp³-hybridized carbons (Fsp3) is 0.469. The summed E-state index contributed by atoms with van der Waals surface area (Å²) in [6.07, 6.45) is -0.480. The van der Waals surface area contributed by atoms with Crippen molar-refractivity contribution in [2.75, 3.05) is 45.0 Å². The summed E-state index contributed by atoms with van der Waals surface area (Å²) in [5.74, 6) is -3.01. The van der Waals surface area contributed by atoms with Gasteiger partial charge in [0.05, 0.1) is 17.1 Å². The van der Waals surface area contributed by atoms with Gasteiger partial charge < -0.3 is 39.5 Å². The highest BCUT2D eigenvalue weighted by Crippen LogP contribution is 2.34. The number of carbonyl (C=O) groups is 5. The van der Waals surface area contributed by atoms with Crippen LogP contribution < -0.4 is 10.6 Å². The van der Waals surface area contributed by atoms with E-state index in [1.807, 2.05) is 0 Å². The van der Waals surface area contributed by atoms with E-state index in [1.165, 1.54) is 36.9 Å². The molecule has 46 heavy (non-hydrogen) atoms. The van der Waals surface area contributed by atoms with Crippen LogP contribution in [0.1, 0.15) is 67.0 Å². The Hall–Kier alpha value is -4.56. The molecule has 2 heterocycles. The molecule has 250 valence electrons. The van der Waals surface area contributed by atoms with E-state index in [1.54, 1.807) is 33.8 Å². The van der Waals surface area contributed by atoms with Crippen LogP contribution in [0.15, 0.2) is 18.2 Å². The van der Waals surface area contributed by atoms with Gasteiger partial charge in [-0.1, -0.05) is 6.92 Å². The fourth-order valence-electron chi connectivity index (χ4n) is 4.78. The molecule has 0 aliphatic carbocycles. The molecule has 0 fully saturated rings. The summed E-state index contributed by atoms with van der Waals surface area (Å²) in [5, 5.41) is 5.49. The van der Waals surface area contributed by atoms with Crippen LogP contribution in [0, 0.1) is 25.6 Å². The summed E-state index contributed by atoms with van der Waals surface area (Å²) >= 11 is 0. The molecule has 1 aromatic heterocycles. The lowest BCUT2D eigenvalue weighted by molar-refractivity contribution is -0.171. The fourth-order valence-corrected chi connectivity index (χ4v) is 4.78. The predicted octanol–water partition coefficient (Wildman–Crippen LogP) is 3.95. The number of H-pyrrole nitrogens is 1. The normalized spacial score (nSPS) is 14.3. The summed E-state index contributed by atoms with van der Waals surface area (Å²) in [7, 11) is 0. The second-order valence-corrected chi connectivity index (χ2v) is 10.7. The number of aryl methyl sites for hydroxylation is 1. The molecule has 1 aromatic carbocycles. The van der Waals surface area contributed by atoms with Gasteiger partial charge in [0, 0.05) is 62.2 Å². The lowest BCUT2D eigenvalue weighted by Gasteiger charge is -2.23. The average molecular weight is 645 g/mol. The zero-order chi connectivity index (χ0) is 34.0. The number of ketones is 1. The van der Waals surface area contributed by atoms with Gasteiger partial charge in [-0.05, 0) is 57.5 Å². The predicted molar refractivity (Wildman–Crippen MR) is 166 cm³/mol. The van der Waals surface area contributed by atoms with Gasteiger partial charge in [-0.25, -0.2) is 9.18 Å². The van der Waals surface area contributed by atoms with Gasteiger partial charge in [-0.15, -0.1) is 0 Å². The number of aromatic amines is 1. The number of likely N-dealkylation sites (N-methyl/N-ethyl adjacent to an activating group) is 1. The first-order valence-electron chi connectivity index (χ1n) is 15.0. The second-order valence-electron chi connectivity index (χ2n) is 10.7. The standard InChI is InChI=1S/C32H41FN4O9/c1-7-37(32(42)46-21(6)45-31(41)18(3)13-23(38)16-44-17-43-8-2)12-11-34-30(40)28-19(4)27(35-20(28)5)15-25-24-14-22(33)9-10-26(24)36-29(25)39/h9-10,14-15,18,21,35H,7-8,11-13,16-17H2,1-6H3,(H,34,40)(H,36,39)/b25-15-.